The molecule has 1 N–H and O–H groups in total. The molecule has 0 unspecified atom stereocenters. The van der Waals surface area contributed by atoms with Crippen molar-refractivity contribution in [3.8, 4) is 0 Å². The van der Waals surface area contributed by atoms with Gasteiger partial charge in [0.2, 0.25) is 5.43 Å². The predicted octanol–water partition coefficient (Wildman–Crippen LogP) is 0.440. The van der Waals surface area contributed by atoms with Gasteiger partial charge in [-0.2, -0.15) is 0 Å². The Kier molecular flexibility index (Phi) is 3.12. The van der Waals surface area contributed by atoms with Crippen molar-refractivity contribution >= 4 is 22.8 Å². The Morgan fingerprint density at radius 2 is 1.84 bits per heavy atom. The molecule has 7 nitrogen and oxygen atoms in total. The number of methoxy groups -OCH3 is 2. The maximum atomic E-state index is 12.2. The predicted molar refractivity (Wildman–Crippen MR) is 66.2 cm³/mol. The number of aromatic amines is 1. The Morgan fingerprint density at radius 1 is 1.21 bits per heavy atom. The average Bonchev–Trinajstić information content (AvgIpc) is 2.74. The third-order valence-electron chi connectivity index (χ3n) is 2.81. The van der Waals surface area contributed by atoms with Crippen LogP contribution in [0.5, 0.6) is 0 Å². The number of ether oxygens (including phenoxy) is 2. The number of aromatic nitrogens is 2. The molecule has 100 valence electrons. The molecule has 0 saturated heterocycles. The summed E-state index contributed by atoms with van der Waals surface area (Å²) in [6.07, 6.45) is 2.83. The minimum absolute atomic E-state index is 0.0875. The second-order valence-corrected chi connectivity index (χ2v) is 3.89. The van der Waals surface area contributed by atoms with Gasteiger partial charge in [-0.1, -0.05) is 0 Å². The topological polar surface area (TPSA) is 90.4 Å². The molecule has 0 aliphatic rings. The van der Waals surface area contributed by atoms with Crippen molar-refractivity contribution in [2.24, 2.45) is 7.05 Å². The fourth-order valence-electron chi connectivity index (χ4n) is 1.92. The highest BCUT2D eigenvalue weighted by molar-refractivity contribution is 6.04. The summed E-state index contributed by atoms with van der Waals surface area (Å²) in [4.78, 5) is 38.2. The van der Waals surface area contributed by atoms with Crippen LogP contribution in [0.2, 0.25) is 0 Å². The SMILES string of the molecule is COC(=O)c1c[nH]c2cn(C)c(C(=O)OC)c2c1=O. The molecular weight excluding hydrogens is 252 g/mol. The van der Waals surface area contributed by atoms with Crippen molar-refractivity contribution in [3.63, 3.8) is 0 Å². The van der Waals surface area contributed by atoms with Crippen molar-refractivity contribution in [1.29, 1.82) is 0 Å². The summed E-state index contributed by atoms with van der Waals surface area (Å²) < 4.78 is 10.6. The van der Waals surface area contributed by atoms with E-state index in [0.29, 0.717) is 5.52 Å². The summed E-state index contributed by atoms with van der Waals surface area (Å²) in [5, 5.41) is 0.109. The number of esters is 2. The maximum Gasteiger partial charge on any atom is 0.355 e. The minimum Gasteiger partial charge on any atom is -0.465 e. The van der Waals surface area contributed by atoms with Crippen LogP contribution in [0.3, 0.4) is 0 Å². The Bertz CT molecular complexity index is 726. The number of aryl methyl sites for hydroxylation is 1. The van der Waals surface area contributed by atoms with Crippen molar-refractivity contribution in [2.75, 3.05) is 14.2 Å². The summed E-state index contributed by atoms with van der Waals surface area (Å²) in [5.74, 6) is -1.41. The lowest BCUT2D eigenvalue weighted by atomic mass is 10.2. The molecule has 0 bridgehead atoms. The molecule has 0 aromatic carbocycles. The van der Waals surface area contributed by atoms with Gasteiger partial charge in [-0.15, -0.1) is 0 Å². The molecule has 2 rings (SSSR count). The lowest BCUT2D eigenvalue weighted by molar-refractivity contribution is 0.0583. The smallest absolute Gasteiger partial charge is 0.355 e. The Morgan fingerprint density at radius 3 is 2.42 bits per heavy atom. The molecule has 0 spiro atoms. The number of hydrogen-bond donors (Lipinski definition) is 1. The zero-order valence-corrected chi connectivity index (χ0v) is 10.6. The van der Waals surface area contributed by atoms with Crippen LogP contribution in [0.15, 0.2) is 17.2 Å². The van der Waals surface area contributed by atoms with E-state index in [0.717, 1.165) is 0 Å². The van der Waals surface area contributed by atoms with Crippen LogP contribution in [0, 0.1) is 0 Å². The number of hydrogen-bond acceptors (Lipinski definition) is 5. The maximum absolute atomic E-state index is 12.2. The van der Waals surface area contributed by atoms with Crippen LogP contribution in [0.4, 0.5) is 0 Å². The summed E-state index contributed by atoms with van der Waals surface area (Å²) in [7, 11) is 4.01. The summed E-state index contributed by atoms with van der Waals surface area (Å²) in [5.41, 5.74) is -0.196. The third kappa shape index (κ3) is 1.88. The number of carbonyl (C=O) groups is 2. The van der Waals surface area contributed by atoms with E-state index in [1.807, 2.05) is 0 Å². The van der Waals surface area contributed by atoms with Crippen LogP contribution in [0.1, 0.15) is 20.8 Å². The molecule has 2 aromatic rings. The number of H-pyrrole nitrogens is 1. The standard InChI is InChI=1S/C12H12N2O5/c1-14-5-7-8(9(14)12(17)19-3)10(15)6(4-13-7)11(16)18-2/h4-5,13H,1-3H3. The zero-order valence-electron chi connectivity index (χ0n) is 10.6. The average molecular weight is 264 g/mol. The highest BCUT2D eigenvalue weighted by atomic mass is 16.5. The van der Waals surface area contributed by atoms with Gasteiger partial charge in [0.25, 0.3) is 0 Å². The van der Waals surface area contributed by atoms with Gasteiger partial charge in [-0.25, -0.2) is 9.59 Å². The lowest BCUT2D eigenvalue weighted by Gasteiger charge is -2.02. The molecule has 7 heteroatoms. The largest absolute Gasteiger partial charge is 0.465 e. The first kappa shape index (κ1) is 12.9. The summed E-state index contributed by atoms with van der Waals surface area (Å²) in [6, 6.07) is 0. The highest BCUT2D eigenvalue weighted by Crippen LogP contribution is 2.16. The lowest BCUT2D eigenvalue weighted by Crippen LogP contribution is -2.19. The van der Waals surface area contributed by atoms with Crippen LogP contribution in [-0.4, -0.2) is 35.7 Å². The van der Waals surface area contributed by atoms with E-state index < -0.39 is 17.4 Å². The number of carbonyl (C=O) groups excluding carboxylic acids is 2. The third-order valence-corrected chi connectivity index (χ3v) is 2.81. The van der Waals surface area contributed by atoms with E-state index in [-0.39, 0.29) is 16.6 Å². The first-order valence-electron chi connectivity index (χ1n) is 5.38. The number of rotatable bonds is 2. The Balaban J connectivity index is 2.84. The van der Waals surface area contributed by atoms with Crippen molar-refractivity contribution in [1.82, 2.24) is 9.55 Å². The second kappa shape index (κ2) is 4.60. The van der Waals surface area contributed by atoms with E-state index in [4.69, 9.17) is 0 Å². The van der Waals surface area contributed by atoms with Crippen molar-refractivity contribution in [3.05, 3.63) is 33.9 Å². The van der Waals surface area contributed by atoms with E-state index in [1.54, 1.807) is 13.2 Å². The van der Waals surface area contributed by atoms with Crippen LogP contribution in [-0.2, 0) is 16.5 Å². The molecule has 19 heavy (non-hydrogen) atoms. The summed E-state index contributed by atoms with van der Waals surface area (Å²) >= 11 is 0. The number of nitrogens with zero attached hydrogens (tertiary/aromatic N) is 1. The molecule has 2 aromatic heterocycles. The van der Waals surface area contributed by atoms with Gasteiger partial charge in [0.15, 0.2) is 0 Å². The highest BCUT2D eigenvalue weighted by Gasteiger charge is 2.22. The van der Waals surface area contributed by atoms with Crippen LogP contribution in [0.25, 0.3) is 10.9 Å². The molecule has 0 amide bonds. The van der Waals surface area contributed by atoms with Gasteiger partial charge >= 0.3 is 11.9 Å². The Labute approximate surface area is 107 Å². The first-order valence-corrected chi connectivity index (χ1v) is 5.38. The monoisotopic (exact) mass is 264 g/mol. The molecule has 0 fully saturated rings. The van der Waals surface area contributed by atoms with Crippen LogP contribution >= 0.6 is 0 Å². The zero-order chi connectivity index (χ0) is 14.2. The quantitative estimate of drug-likeness (QED) is 0.795. The molecular formula is C12H12N2O5. The van der Waals surface area contributed by atoms with Gasteiger partial charge in [-0.05, 0) is 0 Å². The van der Waals surface area contributed by atoms with E-state index >= 15 is 0 Å². The van der Waals surface area contributed by atoms with Gasteiger partial charge in [-0.3, -0.25) is 4.79 Å². The number of fused-ring (bicyclic) bond motifs is 1. The number of pyridine rings is 1. The molecule has 2 heterocycles. The van der Waals surface area contributed by atoms with Crippen molar-refractivity contribution in [2.45, 2.75) is 0 Å². The molecule has 0 aliphatic carbocycles. The summed E-state index contributed by atoms with van der Waals surface area (Å²) in [6.45, 7) is 0. The fraction of sp³-hybridized carbons (Fsp3) is 0.250. The van der Waals surface area contributed by atoms with Gasteiger partial charge in [0, 0.05) is 19.4 Å². The van der Waals surface area contributed by atoms with E-state index in [2.05, 4.69) is 14.5 Å². The fourth-order valence-corrected chi connectivity index (χ4v) is 1.92. The van der Waals surface area contributed by atoms with Gasteiger partial charge < -0.3 is 19.0 Å². The second-order valence-electron chi connectivity index (χ2n) is 3.89. The van der Waals surface area contributed by atoms with E-state index in [1.165, 1.54) is 25.0 Å². The van der Waals surface area contributed by atoms with Gasteiger partial charge in [0.1, 0.15) is 11.3 Å². The minimum atomic E-state index is -0.761. The molecule has 0 aliphatic heterocycles. The molecule has 0 atom stereocenters. The van der Waals surface area contributed by atoms with Crippen molar-refractivity contribution < 1.29 is 19.1 Å². The van der Waals surface area contributed by atoms with Gasteiger partial charge in [0.05, 0.1) is 25.1 Å². The van der Waals surface area contributed by atoms with Crippen LogP contribution < -0.4 is 5.43 Å². The first-order chi connectivity index (χ1) is 9.01. The molecule has 0 radical (unpaired) electrons. The Hall–Kier alpha value is -2.57. The number of nitrogens with one attached hydrogen (secondary N) is 1. The van der Waals surface area contributed by atoms with E-state index in [9.17, 15) is 14.4 Å². The molecule has 0 saturated carbocycles. The normalized spacial score (nSPS) is 10.5.